The SMILES string of the molecule is Cc1cc(O)cc(N(c2cc(C)cc(O)c2)c2cccc(Oc3c(C)cc(O)cc3C)c2)c1. The average molecular weight is 442 g/mol. The maximum atomic E-state index is 10.3. The minimum Gasteiger partial charge on any atom is -0.508 e. The predicted octanol–water partition coefficient (Wildman–Crippen LogP) is 7.30. The van der Waals surface area contributed by atoms with Gasteiger partial charge in [-0.1, -0.05) is 6.07 Å². The van der Waals surface area contributed by atoms with Crippen LogP contribution in [0.4, 0.5) is 17.1 Å². The lowest BCUT2D eigenvalue weighted by Gasteiger charge is -2.27. The molecule has 4 rings (SSSR count). The molecule has 5 heteroatoms. The van der Waals surface area contributed by atoms with E-state index in [0.29, 0.717) is 11.5 Å². The van der Waals surface area contributed by atoms with Crippen LogP contribution >= 0.6 is 0 Å². The van der Waals surface area contributed by atoms with Gasteiger partial charge in [-0.05, 0) is 98.5 Å². The third-order valence-corrected chi connectivity index (χ3v) is 5.35. The Morgan fingerprint density at radius 1 is 0.576 bits per heavy atom. The quantitative estimate of drug-likeness (QED) is 0.303. The molecule has 0 aliphatic rings. The Balaban J connectivity index is 1.83. The minimum atomic E-state index is 0.162. The van der Waals surface area contributed by atoms with Crippen LogP contribution in [-0.2, 0) is 0 Å². The van der Waals surface area contributed by atoms with Gasteiger partial charge in [0.2, 0.25) is 0 Å². The fourth-order valence-corrected chi connectivity index (χ4v) is 4.08. The van der Waals surface area contributed by atoms with Crippen molar-refractivity contribution in [2.24, 2.45) is 0 Å². The Labute approximate surface area is 193 Å². The Kier molecular flexibility index (Phi) is 5.88. The van der Waals surface area contributed by atoms with Gasteiger partial charge in [0.25, 0.3) is 0 Å². The molecule has 0 radical (unpaired) electrons. The monoisotopic (exact) mass is 441 g/mol. The number of benzene rings is 4. The molecule has 0 aliphatic carbocycles. The van der Waals surface area contributed by atoms with Crippen molar-refractivity contribution < 1.29 is 20.1 Å². The van der Waals surface area contributed by atoms with Gasteiger partial charge in [0.1, 0.15) is 28.7 Å². The second kappa shape index (κ2) is 8.79. The summed E-state index contributed by atoms with van der Waals surface area (Å²) in [6.07, 6.45) is 0. The normalized spacial score (nSPS) is 10.8. The van der Waals surface area contributed by atoms with Gasteiger partial charge < -0.3 is 25.0 Å². The molecule has 0 fully saturated rings. The zero-order chi connectivity index (χ0) is 23.7. The number of aryl methyl sites for hydroxylation is 4. The van der Waals surface area contributed by atoms with Crippen molar-refractivity contribution in [3.8, 4) is 28.7 Å². The zero-order valence-corrected chi connectivity index (χ0v) is 19.1. The number of hydrogen-bond donors (Lipinski definition) is 3. The van der Waals surface area contributed by atoms with Gasteiger partial charge in [0, 0.05) is 23.9 Å². The smallest absolute Gasteiger partial charge is 0.133 e. The summed E-state index contributed by atoms with van der Waals surface area (Å²) in [6.45, 7) is 7.63. The van der Waals surface area contributed by atoms with Gasteiger partial charge in [-0.3, -0.25) is 0 Å². The maximum absolute atomic E-state index is 10.3. The number of ether oxygens (including phenoxy) is 1. The fraction of sp³-hybridized carbons (Fsp3) is 0.143. The van der Waals surface area contributed by atoms with Gasteiger partial charge in [-0.25, -0.2) is 0 Å². The molecular weight excluding hydrogens is 414 g/mol. The first kappa shape index (κ1) is 22.1. The molecule has 0 saturated carbocycles. The lowest BCUT2D eigenvalue weighted by Crippen LogP contribution is -2.10. The largest absolute Gasteiger partial charge is 0.508 e. The van der Waals surface area contributed by atoms with E-state index in [0.717, 1.165) is 39.3 Å². The molecule has 0 spiro atoms. The van der Waals surface area contributed by atoms with E-state index in [1.165, 1.54) is 0 Å². The number of nitrogens with zero attached hydrogens (tertiary/aromatic N) is 1. The molecule has 0 unspecified atom stereocenters. The molecule has 4 aromatic rings. The standard InChI is InChI=1S/C28H27NO4/c1-17-8-22(14-24(30)10-17)29(23-9-18(2)11-25(31)15-23)21-6-5-7-27(16-21)33-28-19(3)12-26(32)13-20(28)4/h5-16,30-32H,1-4H3. The highest BCUT2D eigenvalue weighted by molar-refractivity contribution is 5.79. The molecule has 5 nitrogen and oxygen atoms in total. The highest BCUT2D eigenvalue weighted by atomic mass is 16.5. The summed E-state index contributed by atoms with van der Waals surface area (Å²) >= 11 is 0. The van der Waals surface area contributed by atoms with Crippen molar-refractivity contribution in [3.63, 3.8) is 0 Å². The van der Waals surface area contributed by atoms with Crippen molar-refractivity contribution in [1.82, 2.24) is 0 Å². The molecule has 3 N–H and O–H groups in total. The van der Waals surface area contributed by atoms with Crippen LogP contribution in [0, 0.1) is 27.7 Å². The molecule has 0 saturated heterocycles. The van der Waals surface area contributed by atoms with Crippen molar-refractivity contribution in [2.75, 3.05) is 4.90 Å². The predicted molar refractivity (Wildman–Crippen MR) is 132 cm³/mol. The van der Waals surface area contributed by atoms with E-state index in [-0.39, 0.29) is 17.2 Å². The van der Waals surface area contributed by atoms with Gasteiger partial charge >= 0.3 is 0 Å². The van der Waals surface area contributed by atoms with E-state index in [1.807, 2.05) is 69.0 Å². The van der Waals surface area contributed by atoms with Crippen molar-refractivity contribution in [1.29, 1.82) is 0 Å². The lowest BCUT2D eigenvalue weighted by atomic mass is 10.1. The number of anilines is 3. The van der Waals surface area contributed by atoms with Crippen molar-refractivity contribution in [2.45, 2.75) is 27.7 Å². The van der Waals surface area contributed by atoms with Crippen LogP contribution < -0.4 is 9.64 Å². The number of phenolic OH excluding ortho intramolecular Hbond substituents is 3. The van der Waals surface area contributed by atoms with Crippen LogP contribution in [0.2, 0.25) is 0 Å². The average Bonchev–Trinajstić information content (AvgIpc) is 2.70. The van der Waals surface area contributed by atoms with Crippen LogP contribution in [-0.4, -0.2) is 15.3 Å². The summed E-state index contributed by atoms with van der Waals surface area (Å²) in [7, 11) is 0. The van der Waals surface area contributed by atoms with E-state index in [9.17, 15) is 15.3 Å². The summed E-state index contributed by atoms with van der Waals surface area (Å²) in [5.41, 5.74) is 5.81. The fourth-order valence-electron chi connectivity index (χ4n) is 4.08. The van der Waals surface area contributed by atoms with Crippen LogP contribution in [0.25, 0.3) is 0 Å². The van der Waals surface area contributed by atoms with Crippen molar-refractivity contribution >= 4 is 17.1 Å². The third kappa shape index (κ3) is 4.88. The minimum absolute atomic E-state index is 0.162. The number of rotatable bonds is 5. The van der Waals surface area contributed by atoms with Crippen molar-refractivity contribution in [3.05, 3.63) is 95.1 Å². The molecular formula is C28H27NO4. The zero-order valence-electron chi connectivity index (χ0n) is 19.1. The molecule has 0 amide bonds. The van der Waals surface area contributed by atoms with Gasteiger partial charge in [0.15, 0.2) is 0 Å². The van der Waals surface area contributed by atoms with Crippen LogP contribution in [0.15, 0.2) is 72.8 Å². The van der Waals surface area contributed by atoms with Gasteiger partial charge in [-0.15, -0.1) is 0 Å². The summed E-state index contributed by atoms with van der Waals surface area (Å²) in [5.74, 6) is 1.85. The van der Waals surface area contributed by atoms with E-state index in [4.69, 9.17) is 4.74 Å². The highest BCUT2D eigenvalue weighted by Crippen LogP contribution is 2.40. The Morgan fingerprint density at radius 3 is 1.61 bits per heavy atom. The molecule has 0 aliphatic heterocycles. The summed E-state index contributed by atoms with van der Waals surface area (Å²) in [5, 5.41) is 30.4. The summed E-state index contributed by atoms with van der Waals surface area (Å²) in [6, 6.07) is 21.7. The first-order chi connectivity index (χ1) is 15.7. The van der Waals surface area contributed by atoms with Gasteiger partial charge in [0.05, 0.1) is 11.4 Å². The number of hydrogen-bond acceptors (Lipinski definition) is 5. The molecule has 0 atom stereocenters. The van der Waals surface area contributed by atoms with E-state index in [2.05, 4.69) is 0 Å². The first-order valence-electron chi connectivity index (χ1n) is 10.7. The second-order valence-electron chi connectivity index (χ2n) is 8.40. The molecule has 0 heterocycles. The molecule has 0 bridgehead atoms. The third-order valence-electron chi connectivity index (χ3n) is 5.35. The summed E-state index contributed by atoms with van der Waals surface area (Å²) in [4.78, 5) is 1.96. The topological polar surface area (TPSA) is 73.2 Å². The Hall–Kier alpha value is -4.12. The maximum Gasteiger partial charge on any atom is 0.133 e. The molecule has 33 heavy (non-hydrogen) atoms. The lowest BCUT2D eigenvalue weighted by molar-refractivity contribution is 0.458. The molecule has 4 aromatic carbocycles. The number of aromatic hydroxyl groups is 3. The van der Waals surface area contributed by atoms with Gasteiger partial charge in [-0.2, -0.15) is 0 Å². The van der Waals surface area contributed by atoms with Crippen LogP contribution in [0.1, 0.15) is 22.3 Å². The first-order valence-corrected chi connectivity index (χ1v) is 10.7. The second-order valence-corrected chi connectivity index (χ2v) is 8.40. The van der Waals surface area contributed by atoms with E-state index < -0.39 is 0 Å². The Bertz CT molecular complexity index is 1210. The van der Waals surface area contributed by atoms with Crippen LogP contribution in [0.5, 0.6) is 28.7 Å². The highest BCUT2D eigenvalue weighted by Gasteiger charge is 2.16. The van der Waals surface area contributed by atoms with E-state index in [1.54, 1.807) is 36.4 Å². The Morgan fingerprint density at radius 2 is 1.09 bits per heavy atom. The summed E-state index contributed by atoms with van der Waals surface area (Å²) < 4.78 is 6.22. The molecule has 168 valence electrons. The van der Waals surface area contributed by atoms with E-state index >= 15 is 0 Å². The molecule has 0 aromatic heterocycles. The van der Waals surface area contributed by atoms with Crippen LogP contribution in [0.3, 0.4) is 0 Å². The number of phenols is 3.